The number of rotatable bonds is 6. The number of carbonyl (C=O) groups excluding carboxylic acids is 1. The Bertz CT molecular complexity index is 761. The zero-order valence-electron chi connectivity index (χ0n) is 12.1. The van der Waals surface area contributed by atoms with E-state index in [1.807, 2.05) is 0 Å². The van der Waals surface area contributed by atoms with E-state index in [0.29, 0.717) is 5.56 Å². The fraction of sp³-hybridized carbons (Fsp3) is 0.0556. The zero-order valence-corrected chi connectivity index (χ0v) is 12.1. The van der Waals surface area contributed by atoms with Gasteiger partial charge < -0.3 is 10.2 Å². The number of aliphatic carboxylic acids is 2. The van der Waals surface area contributed by atoms with E-state index in [-0.39, 0.29) is 11.1 Å². The SMILES string of the molecule is O=C(O)/C(CC(=O)c1ccccc1)=C(/C(=O)O)c1ccccc1. The average molecular weight is 310 g/mol. The number of carboxylic acid groups (broad SMARTS) is 2. The highest BCUT2D eigenvalue weighted by Crippen LogP contribution is 2.23. The van der Waals surface area contributed by atoms with Crippen LogP contribution < -0.4 is 0 Å². The largest absolute Gasteiger partial charge is 0.478 e. The van der Waals surface area contributed by atoms with Crippen LogP contribution in [0.5, 0.6) is 0 Å². The van der Waals surface area contributed by atoms with Crippen LogP contribution in [-0.4, -0.2) is 27.9 Å². The van der Waals surface area contributed by atoms with Crippen molar-refractivity contribution in [2.45, 2.75) is 6.42 Å². The molecule has 0 saturated carbocycles. The van der Waals surface area contributed by atoms with Crippen molar-refractivity contribution in [1.82, 2.24) is 0 Å². The molecule has 0 radical (unpaired) electrons. The Balaban J connectivity index is 2.48. The van der Waals surface area contributed by atoms with Gasteiger partial charge in [-0.1, -0.05) is 60.7 Å². The minimum Gasteiger partial charge on any atom is -0.478 e. The van der Waals surface area contributed by atoms with Crippen molar-refractivity contribution in [2.75, 3.05) is 0 Å². The van der Waals surface area contributed by atoms with Gasteiger partial charge in [0.15, 0.2) is 5.78 Å². The lowest BCUT2D eigenvalue weighted by Gasteiger charge is -2.09. The number of ketones is 1. The van der Waals surface area contributed by atoms with Crippen LogP contribution >= 0.6 is 0 Å². The van der Waals surface area contributed by atoms with E-state index in [9.17, 15) is 24.6 Å². The number of hydrogen-bond acceptors (Lipinski definition) is 3. The molecule has 23 heavy (non-hydrogen) atoms. The molecule has 0 bridgehead atoms. The van der Waals surface area contributed by atoms with Gasteiger partial charge in [0.25, 0.3) is 0 Å². The zero-order chi connectivity index (χ0) is 16.8. The maximum absolute atomic E-state index is 12.2. The normalized spacial score (nSPS) is 11.5. The van der Waals surface area contributed by atoms with Crippen molar-refractivity contribution in [3.63, 3.8) is 0 Å². The van der Waals surface area contributed by atoms with Gasteiger partial charge in [-0.05, 0) is 5.56 Å². The van der Waals surface area contributed by atoms with Crippen LogP contribution in [0, 0.1) is 0 Å². The Labute approximate surface area is 132 Å². The summed E-state index contributed by atoms with van der Waals surface area (Å²) < 4.78 is 0. The minimum absolute atomic E-state index is 0.248. The number of Topliss-reactive ketones (excluding diaryl/α,β-unsaturated/α-hetero) is 1. The fourth-order valence-electron chi connectivity index (χ4n) is 2.19. The highest BCUT2D eigenvalue weighted by atomic mass is 16.4. The molecule has 0 aliphatic carbocycles. The van der Waals surface area contributed by atoms with Gasteiger partial charge in [-0.2, -0.15) is 0 Å². The predicted octanol–water partition coefficient (Wildman–Crippen LogP) is 2.88. The monoisotopic (exact) mass is 310 g/mol. The molecule has 2 aromatic rings. The Morgan fingerprint density at radius 3 is 1.61 bits per heavy atom. The summed E-state index contributed by atoms with van der Waals surface area (Å²) in [5, 5.41) is 18.8. The van der Waals surface area contributed by atoms with Crippen LogP contribution in [-0.2, 0) is 9.59 Å². The third-order valence-corrected chi connectivity index (χ3v) is 3.27. The highest BCUT2D eigenvalue weighted by molar-refractivity contribution is 6.23. The molecule has 0 unspecified atom stereocenters. The molecule has 5 nitrogen and oxygen atoms in total. The predicted molar refractivity (Wildman–Crippen MR) is 84.0 cm³/mol. The number of benzene rings is 2. The van der Waals surface area contributed by atoms with Crippen molar-refractivity contribution in [1.29, 1.82) is 0 Å². The summed E-state index contributed by atoms with van der Waals surface area (Å²) in [7, 11) is 0. The van der Waals surface area contributed by atoms with E-state index < -0.39 is 29.7 Å². The van der Waals surface area contributed by atoms with Crippen molar-refractivity contribution in [2.24, 2.45) is 0 Å². The van der Waals surface area contributed by atoms with Gasteiger partial charge in [0.05, 0.1) is 11.1 Å². The third-order valence-electron chi connectivity index (χ3n) is 3.27. The quantitative estimate of drug-likeness (QED) is 0.632. The van der Waals surface area contributed by atoms with Crippen LogP contribution in [0.4, 0.5) is 0 Å². The Morgan fingerprint density at radius 2 is 1.17 bits per heavy atom. The smallest absolute Gasteiger partial charge is 0.336 e. The molecule has 2 rings (SSSR count). The molecule has 0 atom stereocenters. The lowest BCUT2D eigenvalue weighted by Crippen LogP contribution is -2.14. The first-order valence-corrected chi connectivity index (χ1v) is 6.84. The summed E-state index contributed by atoms with van der Waals surface area (Å²) in [4.78, 5) is 35.3. The average Bonchev–Trinajstić information content (AvgIpc) is 2.55. The molecular formula is C18H14O5. The first-order chi connectivity index (χ1) is 11.0. The van der Waals surface area contributed by atoms with Crippen molar-refractivity contribution in [3.8, 4) is 0 Å². The highest BCUT2D eigenvalue weighted by Gasteiger charge is 2.24. The lowest BCUT2D eigenvalue weighted by atomic mass is 9.94. The molecule has 2 aromatic carbocycles. The molecule has 0 aromatic heterocycles. The Hall–Kier alpha value is -3.21. The van der Waals surface area contributed by atoms with Gasteiger partial charge in [0, 0.05) is 12.0 Å². The van der Waals surface area contributed by atoms with Crippen molar-refractivity contribution >= 4 is 23.3 Å². The second kappa shape index (κ2) is 7.17. The van der Waals surface area contributed by atoms with Gasteiger partial charge in [-0.3, -0.25) is 4.79 Å². The van der Waals surface area contributed by atoms with Gasteiger partial charge >= 0.3 is 11.9 Å². The maximum Gasteiger partial charge on any atom is 0.336 e. The first kappa shape index (κ1) is 16.2. The standard InChI is InChI=1S/C18H14O5/c19-15(12-7-3-1-4-8-12)11-14(17(20)21)16(18(22)23)13-9-5-2-6-10-13/h1-10H,11H2,(H,20,21)(H,22,23)/b16-14+. The van der Waals surface area contributed by atoms with Crippen LogP contribution in [0.15, 0.2) is 66.2 Å². The van der Waals surface area contributed by atoms with Crippen LogP contribution in [0.3, 0.4) is 0 Å². The van der Waals surface area contributed by atoms with E-state index in [1.54, 1.807) is 48.5 Å². The topological polar surface area (TPSA) is 91.7 Å². The third kappa shape index (κ3) is 3.91. The summed E-state index contributed by atoms with van der Waals surface area (Å²) in [6.45, 7) is 0. The Morgan fingerprint density at radius 1 is 0.696 bits per heavy atom. The van der Waals surface area contributed by atoms with Gasteiger partial charge in [-0.15, -0.1) is 0 Å². The van der Waals surface area contributed by atoms with Gasteiger partial charge in [-0.25, -0.2) is 9.59 Å². The molecular weight excluding hydrogens is 296 g/mol. The molecule has 0 saturated heterocycles. The van der Waals surface area contributed by atoms with Crippen LogP contribution in [0.2, 0.25) is 0 Å². The second-order valence-electron chi connectivity index (χ2n) is 4.80. The maximum atomic E-state index is 12.2. The van der Waals surface area contributed by atoms with Crippen molar-refractivity contribution in [3.05, 3.63) is 77.4 Å². The molecule has 0 aliphatic heterocycles. The number of carboxylic acids is 2. The number of hydrogen-bond donors (Lipinski definition) is 2. The van der Waals surface area contributed by atoms with Gasteiger partial charge in [0.1, 0.15) is 0 Å². The molecule has 116 valence electrons. The number of carbonyl (C=O) groups is 3. The van der Waals surface area contributed by atoms with Crippen LogP contribution in [0.1, 0.15) is 22.3 Å². The van der Waals surface area contributed by atoms with E-state index in [1.165, 1.54) is 12.1 Å². The van der Waals surface area contributed by atoms with Crippen LogP contribution in [0.25, 0.3) is 5.57 Å². The molecule has 2 N–H and O–H groups in total. The van der Waals surface area contributed by atoms with E-state index >= 15 is 0 Å². The van der Waals surface area contributed by atoms with E-state index in [2.05, 4.69) is 0 Å². The molecule has 0 heterocycles. The van der Waals surface area contributed by atoms with E-state index in [4.69, 9.17) is 0 Å². The summed E-state index contributed by atoms with van der Waals surface area (Å²) >= 11 is 0. The summed E-state index contributed by atoms with van der Waals surface area (Å²) in [5.41, 5.74) is -0.220. The second-order valence-corrected chi connectivity index (χ2v) is 4.80. The lowest BCUT2D eigenvalue weighted by molar-refractivity contribution is -0.134. The molecule has 0 amide bonds. The molecule has 0 spiro atoms. The summed E-state index contributed by atoms with van der Waals surface area (Å²) in [5.74, 6) is -3.25. The van der Waals surface area contributed by atoms with Gasteiger partial charge in [0.2, 0.25) is 0 Å². The summed E-state index contributed by atoms with van der Waals surface area (Å²) in [6, 6.07) is 16.1. The minimum atomic E-state index is -1.42. The van der Waals surface area contributed by atoms with E-state index in [0.717, 1.165) is 0 Å². The molecule has 0 aliphatic rings. The molecule has 0 fully saturated rings. The summed E-state index contributed by atoms with van der Waals surface area (Å²) in [6.07, 6.45) is -0.490. The molecule has 5 heteroatoms. The first-order valence-electron chi connectivity index (χ1n) is 6.84. The Kier molecular flexibility index (Phi) is 5.04. The fourth-order valence-corrected chi connectivity index (χ4v) is 2.19. The van der Waals surface area contributed by atoms with Crippen molar-refractivity contribution < 1.29 is 24.6 Å².